The SMILES string of the molecule is CCN(C(=O)C(=O)O)c1ccc(F)cc1. The van der Waals surface area contributed by atoms with Crippen molar-refractivity contribution in [2.75, 3.05) is 11.4 Å². The van der Waals surface area contributed by atoms with Crippen molar-refractivity contribution < 1.29 is 19.1 Å². The predicted octanol–water partition coefficient (Wildman–Crippen LogP) is 1.26. The Morgan fingerprint density at radius 3 is 2.27 bits per heavy atom. The van der Waals surface area contributed by atoms with Crippen molar-refractivity contribution in [1.82, 2.24) is 0 Å². The average molecular weight is 211 g/mol. The van der Waals surface area contributed by atoms with Crippen LogP contribution in [0.25, 0.3) is 0 Å². The molecule has 0 aliphatic rings. The molecule has 1 N–H and O–H groups in total. The van der Waals surface area contributed by atoms with Gasteiger partial charge in [-0.25, -0.2) is 9.18 Å². The molecule has 0 saturated carbocycles. The molecule has 0 radical (unpaired) electrons. The van der Waals surface area contributed by atoms with Crippen LogP contribution in [-0.4, -0.2) is 23.5 Å². The van der Waals surface area contributed by atoms with Gasteiger partial charge in [-0.15, -0.1) is 0 Å². The molecule has 1 aromatic rings. The normalized spacial score (nSPS) is 9.73. The fourth-order valence-electron chi connectivity index (χ4n) is 1.18. The molecule has 80 valence electrons. The smallest absolute Gasteiger partial charge is 0.394 e. The lowest BCUT2D eigenvalue weighted by Gasteiger charge is -2.18. The number of anilines is 1. The highest BCUT2D eigenvalue weighted by Gasteiger charge is 2.20. The fourth-order valence-corrected chi connectivity index (χ4v) is 1.18. The van der Waals surface area contributed by atoms with E-state index < -0.39 is 17.7 Å². The van der Waals surface area contributed by atoms with E-state index in [1.54, 1.807) is 6.92 Å². The number of rotatable bonds is 2. The van der Waals surface area contributed by atoms with E-state index in [1.807, 2.05) is 0 Å². The summed E-state index contributed by atoms with van der Waals surface area (Å²) in [5.74, 6) is -2.98. The van der Waals surface area contributed by atoms with Crippen LogP contribution < -0.4 is 4.90 Å². The van der Waals surface area contributed by atoms with Crippen LogP contribution in [0.2, 0.25) is 0 Å². The van der Waals surface area contributed by atoms with Gasteiger partial charge in [0, 0.05) is 12.2 Å². The summed E-state index contributed by atoms with van der Waals surface area (Å²) in [6, 6.07) is 5.07. The highest BCUT2D eigenvalue weighted by atomic mass is 19.1. The second-order valence-electron chi connectivity index (χ2n) is 2.83. The Balaban J connectivity index is 2.97. The van der Waals surface area contributed by atoms with Gasteiger partial charge in [-0.1, -0.05) is 0 Å². The maximum Gasteiger partial charge on any atom is 0.394 e. The molecule has 0 aliphatic heterocycles. The van der Waals surface area contributed by atoms with Gasteiger partial charge in [-0.2, -0.15) is 0 Å². The lowest BCUT2D eigenvalue weighted by Crippen LogP contribution is -2.36. The lowest BCUT2D eigenvalue weighted by molar-refractivity contribution is -0.148. The Hall–Kier alpha value is -1.91. The first-order chi connectivity index (χ1) is 7.06. The molecule has 0 bridgehead atoms. The Bertz CT molecular complexity index is 375. The highest BCUT2D eigenvalue weighted by Crippen LogP contribution is 2.14. The first kappa shape index (κ1) is 11.2. The molecule has 0 heterocycles. The van der Waals surface area contributed by atoms with Crippen LogP contribution in [-0.2, 0) is 9.59 Å². The highest BCUT2D eigenvalue weighted by molar-refractivity contribution is 6.37. The summed E-state index contributed by atoms with van der Waals surface area (Å²) in [5, 5.41) is 8.53. The molecule has 1 amide bonds. The minimum absolute atomic E-state index is 0.219. The Kier molecular flexibility index (Phi) is 3.38. The Morgan fingerprint density at radius 2 is 1.87 bits per heavy atom. The standard InChI is InChI=1S/C10H10FNO3/c1-2-12(9(13)10(14)15)8-5-3-7(11)4-6-8/h3-6H,2H2,1H3,(H,14,15). The quantitative estimate of drug-likeness (QED) is 0.749. The minimum Gasteiger partial charge on any atom is -0.474 e. The minimum atomic E-state index is -1.53. The van der Waals surface area contributed by atoms with Crippen molar-refractivity contribution in [1.29, 1.82) is 0 Å². The van der Waals surface area contributed by atoms with Crippen molar-refractivity contribution in [3.8, 4) is 0 Å². The summed E-state index contributed by atoms with van der Waals surface area (Å²) < 4.78 is 12.6. The summed E-state index contributed by atoms with van der Waals surface area (Å²) in [6.45, 7) is 1.86. The summed E-state index contributed by atoms with van der Waals surface area (Å²) in [6.07, 6.45) is 0. The van der Waals surface area contributed by atoms with E-state index in [2.05, 4.69) is 0 Å². The van der Waals surface area contributed by atoms with Gasteiger partial charge in [0.1, 0.15) is 5.82 Å². The van der Waals surface area contributed by atoms with Crippen molar-refractivity contribution in [2.24, 2.45) is 0 Å². The van der Waals surface area contributed by atoms with E-state index in [-0.39, 0.29) is 6.54 Å². The number of aliphatic carboxylic acids is 1. The van der Waals surface area contributed by atoms with Crippen molar-refractivity contribution in [3.05, 3.63) is 30.1 Å². The first-order valence-corrected chi connectivity index (χ1v) is 4.36. The van der Waals surface area contributed by atoms with Crippen LogP contribution in [0.1, 0.15) is 6.92 Å². The molecular formula is C10H10FNO3. The van der Waals surface area contributed by atoms with E-state index in [1.165, 1.54) is 24.3 Å². The zero-order valence-corrected chi connectivity index (χ0v) is 8.11. The zero-order chi connectivity index (χ0) is 11.4. The van der Waals surface area contributed by atoms with Gasteiger partial charge < -0.3 is 10.0 Å². The summed E-state index contributed by atoms with van der Waals surface area (Å²) in [7, 11) is 0. The maximum atomic E-state index is 12.6. The summed E-state index contributed by atoms with van der Waals surface area (Å²) in [4.78, 5) is 22.7. The van der Waals surface area contributed by atoms with Gasteiger partial charge in [0.25, 0.3) is 0 Å². The van der Waals surface area contributed by atoms with Crippen LogP contribution >= 0.6 is 0 Å². The molecule has 1 aromatic carbocycles. The topological polar surface area (TPSA) is 57.6 Å². The largest absolute Gasteiger partial charge is 0.474 e. The van der Waals surface area contributed by atoms with E-state index >= 15 is 0 Å². The second kappa shape index (κ2) is 4.54. The van der Waals surface area contributed by atoms with Crippen LogP contribution in [0.4, 0.5) is 10.1 Å². The van der Waals surface area contributed by atoms with Crippen LogP contribution in [0.15, 0.2) is 24.3 Å². The van der Waals surface area contributed by atoms with Gasteiger partial charge in [0.15, 0.2) is 0 Å². The number of benzene rings is 1. The number of hydrogen-bond donors (Lipinski definition) is 1. The molecule has 0 aromatic heterocycles. The predicted molar refractivity (Wildman–Crippen MR) is 52.1 cm³/mol. The van der Waals surface area contributed by atoms with E-state index in [0.717, 1.165) is 4.90 Å². The Labute approximate surface area is 85.9 Å². The number of nitrogens with zero attached hydrogens (tertiary/aromatic N) is 1. The second-order valence-corrected chi connectivity index (χ2v) is 2.83. The molecule has 0 unspecified atom stereocenters. The number of carboxylic acid groups (broad SMARTS) is 1. The maximum absolute atomic E-state index is 12.6. The van der Waals surface area contributed by atoms with Gasteiger partial charge in [0.05, 0.1) is 0 Å². The third-order valence-corrected chi connectivity index (χ3v) is 1.88. The monoisotopic (exact) mass is 211 g/mol. The van der Waals surface area contributed by atoms with Gasteiger partial charge in [0.2, 0.25) is 0 Å². The van der Waals surface area contributed by atoms with E-state index in [0.29, 0.717) is 5.69 Å². The number of carboxylic acids is 1. The molecule has 0 saturated heterocycles. The van der Waals surface area contributed by atoms with Crippen molar-refractivity contribution >= 4 is 17.6 Å². The summed E-state index contributed by atoms with van der Waals surface area (Å²) in [5.41, 5.74) is 0.367. The molecule has 0 aliphatic carbocycles. The van der Waals surface area contributed by atoms with Crippen LogP contribution in [0, 0.1) is 5.82 Å². The lowest BCUT2D eigenvalue weighted by atomic mass is 10.2. The third kappa shape index (κ3) is 2.52. The number of carbonyl (C=O) groups is 2. The molecule has 5 heteroatoms. The molecule has 15 heavy (non-hydrogen) atoms. The molecule has 1 rings (SSSR count). The third-order valence-electron chi connectivity index (χ3n) is 1.88. The molecule has 0 atom stereocenters. The Morgan fingerprint density at radius 1 is 1.33 bits per heavy atom. The van der Waals surface area contributed by atoms with Crippen molar-refractivity contribution in [3.63, 3.8) is 0 Å². The molecule has 0 fully saturated rings. The van der Waals surface area contributed by atoms with E-state index in [4.69, 9.17) is 5.11 Å². The number of carbonyl (C=O) groups excluding carboxylic acids is 1. The van der Waals surface area contributed by atoms with Crippen LogP contribution in [0.5, 0.6) is 0 Å². The fraction of sp³-hybridized carbons (Fsp3) is 0.200. The van der Waals surface area contributed by atoms with Gasteiger partial charge >= 0.3 is 11.9 Å². The van der Waals surface area contributed by atoms with Gasteiger partial charge in [-0.05, 0) is 31.2 Å². The molecule has 4 nitrogen and oxygen atoms in total. The van der Waals surface area contributed by atoms with Crippen LogP contribution in [0.3, 0.4) is 0 Å². The van der Waals surface area contributed by atoms with E-state index in [9.17, 15) is 14.0 Å². The molecular weight excluding hydrogens is 201 g/mol. The van der Waals surface area contributed by atoms with Gasteiger partial charge in [-0.3, -0.25) is 4.79 Å². The number of amides is 1. The first-order valence-electron chi connectivity index (χ1n) is 4.36. The average Bonchev–Trinajstić information content (AvgIpc) is 2.21. The summed E-state index contributed by atoms with van der Waals surface area (Å²) >= 11 is 0. The number of likely N-dealkylation sites (N-methyl/N-ethyl adjacent to an activating group) is 1. The zero-order valence-electron chi connectivity index (χ0n) is 8.11. The number of hydrogen-bond acceptors (Lipinski definition) is 2. The molecule has 0 spiro atoms. The number of halogens is 1. The van der Waals surface area contributed by atoms with Crippen molar-refractivity contribution in [2.45, 2.75) is 6.92 Å².